The molecule has 2 aliphatic heterocycles. The van der Waals surface area contributed by atoms with E-state index in [1.165, 1.54) is 18.4 Å². The van der Waals surface area contributed by atoms with E-state index in [2.05, 4.69) is 11.0 Å². The number of hydrogen-bond donors (Lipinski definition) is 1. The summed E-state index contributed by atoms with van der Waals surface area (Å²) >= 11 is 0. The van der Waals surface area contributed by atoms with E-state index in [0.29, 0.717) is 11.7 Å². The SMILES string of the molecule is NC(=O)COc1cccc(CN2CCC(CCN3CCCC3=O)CC2)c1. The van der Waals surface area contributed by atoms with Crippen molar-refractivity contribution in [2.75, 3.05) is 32.8 Å². The van der Waals surface area contributed by atoms with Crippen molar-refractivity contribution < 1.29 is 14.3 Å². The lowest BCUT2D eigenvalue weighted by atomic mass is 9.93. The van der Waals surface area contributed by atoms with Gasteiger partial charge >= 0.3 is 0 Å². The summed E-state index contributed by atoms with van der Waals surface area (Å²) in [5.41, 5.74) is 6.31. The maximum Gasteiger partial charge on any atom is 0.255 e. The molecule has 2 fully saturated rings. The molecule has 0 aromatic heterocycles. The minimum Gasteiger partial charge on any atom is -0.484 e. The van der Waals surface area contributed by atoms with Crippen LogP contribution in [0.4, 0.5) is 0 Å². The number of hydrogen-bond acceptors (Lipinski definition) is 4. The molecule has 1 aromatic rings. The average molecular weight is 359 g/mol. The molecule has 0 aliphatic carbocycles. The zero-order valence-electron chi connectivity index (χ0n) is 15.4. The van der Waals surface area contributed by atoms with Crippen LogP contribution in [-0.2, 0) is 16.1 Å². The number of amides is 2. The molecule has 0 atom stereocenters. The van der Waals surface area contributed by atoms with Gasteiger partial charge in [0.25, 0.3) is 5.91 Å². The average Bonchev–Trinajstić information content (AvgIpc) is 3.05. The summed E-state index contributed by atoms with van der Waals surface area (Å²) in [6.45, 7) is 4.87. The van der Waals surface area contributed by atoms with E-state index in [1.807, 2.05) is 23.1 Å². The van der Waals surface area contributed by atoms with Crippen molar-refractivity contribution in [1.29, 1.82) is 0 Å². The summed E-state index contributed by atoms with van der Waals surface area (Å²) in [6.07, 6.45) is 5.29. The Kier molecular flexibility index (Phi) is 6.50. The highest BCUT2D eigenvalue weighted by Gasteiger charge is 2.23. The second-order valence-corrected chi connectivity index (χ2v) is 7.39. The number of likely N-dealkylation sites (tertiary alicyclic amines) is 2. The first-order valence-corrected chi connectivity index (χ1v) is 9.60. The molecule has 2 N–H and O–H groups in total. The van der Waals surface area contributed by atoms with Crippen LogP contribution in [0, 0.1) is 5.92 Å². The zero-order chi connectivity index (χ0) is 18.4. The number of benzene rings is 1. The Morgan fingerprint density at radius 2 is 2.04 bits per heavy atom. The molecular formula is C20H29N3O3. The van der Waals surface area contributed by atoms with Gasteiger partial charge in [-0.05, 0) is 62.4 Å². The second-order valence-electron chi connectivity index (χ2n) is 7.39. The van der Waals surface area contributed by atoms with E-state index in [1.54, 1.807) is 0 Å². The Bertz CT molecular complexity index is 626. The van der Waals surface area contributed by atoms with Crippen molar-refractivity contribution in [3.63, 3.8) is 0 Å². The summed E-state index contributed by atoms with van der Waals surface area (Å²) in [6, 6.07) is 7.86. The predicted octanol–water partition coefficient (Wildman–Crippen LogP) is 1.78. The Morgan fingerprint density at radius 1 is 1.23 bits per heavy atom. The first-order valence-electron chi connectivity index (χ1n) is 9.60. The quantitative estimate of drug-likeness (QED) is 0.768. The highest BCUT2D eigenvalue weighted by Crippen LogP contribution is 2.24. The molecule has 26 heavy (non-hydrogen) atoms. The molecule has 6 heteroatoms. The third kappa shape index (κ3) is 5.46. The first kappa shape index (κ1) is 18.7. The van der Waals surface area contributed by atoms with Gasteiger partial charge in [-0.25, -0.2) is 0 Å². The highest BCUT2D eigenvalue weighted by atomic mass is 16.5. The molecule has 0 bridgehead atoms. The van der Waals surface area contributed by atoms with Crippen molar-refractivity contribution in [3.8, 4) is 5.75 Å². The lowest BCUT2D eigenvalue weighted by molar-refractivity contribution is -0.127. The fraction of sp³-hybridized carbons (Fsp3) is 0.600. The Labute approximate surface area is 155 Å². The normalized spacial score (nSPS) is 19.1. The van der Waals surface area contributed by atoms with E-state index in [-0.39, 0.29) is 6.61 Å². The van der Waals surface area contributed by atoms with Crippen LogP contribution >= 0.6 is 0 Å². The van der Waals surface area contributed by atoms with Gasteiger partial charge in [-0.15, -0.1) is 0 Å². The van der Waals surface area contributed by atoms with Gasteiger partial charge in [0.2, 0.25) is 5.91 Å². The van der Waals surface area contributed by atoms with Crippen LogP contribution in [0.5, 0.6) is 5.75 Å². The smallest absolute Gasteiger partial charge is 0.255 e. The topological polar surface area (TPSA) is 75.9 Å². The van der Waals surface area contributed by atoms with E-state index in [0.717, 1.165) is 57.9 Å². The zero-order valence-corrected chi connectivity index (χ0v) is 15.4. The molecule has 0 unspecified atom stereocenters. The molecule has 2 aliphatic rings. The molecule has 142 valence electrons. The summed E-state index contributed by atoms with van der Waals surface area (Å²) in [7, 11) is 0. The Morgan fingerprint density at radius 3 is 2.73 bits per heavy atom. The van der Waals surface area contributed by atoms with Crippen LogP contribution in [-0.4, -0.2) is 54.4 Å². The molecule has 0 saturated carbocycles. The van der Waals surface area contributed by atoms with Crippen LogP contribution in [0.3, 0.4) is 0 Å². The minimum atomic E-state index is -0.465. The molecular weight excluding hydrogens is 330 g/mol. The fourth-order valence-corrected chi connectivity index (χ4v) is 3.86. The molecule has 1 aromatic carbocycles. The molecule has 0 spiro atoms. The van der Waals surface area contributed by atoms with Crippen molar-refractivity contribution in [2.24, 2.45) is 11.7 Å². The van der Waals surface area contributed by atoms with Crippen molar-refractivity contribution >= 4 is 11.8 Å². The molecule has 2 saturated heterocycles. The van der Waals surface area contributed by atoms with Crippen LogP contribution in [0.25, 0.3) is 0 Å². The predicted molar refractivity (Wildman–Crippen MR) is 99.6 cm³/mol. The summed E-state index contributed by atoms with van der Waals surface area (Å²) in [5.74, 6) is 1.28. The van der Waals surface area contributed by atoms with E-state index in [4.69, 9.17) is 10.5 Å². The molecule has 3 rings (SSSR count). The van der Waals surface area contributed by atoms with Crippen LogP contribution in [0.15, 0.2) is 24.3 Å². The van der Waals surface area contributed by atoms with Crippen molar-refractivity contribution in [2.45, 2.75) is 38.6 Å². The fourth-order valence-electron chi connectivity index (χ4n) is 3.86. The third-order valence-corrected chi connectivity index (χ3v) is 5.37. The largest absolute Gasteiger partial charge is 0.484 e. The molecule has 6 nitrogen and oxygen atoms in total. The summed E-state index contributed by atoms with van der Waals surface area (Å²) < 4.78 is 5.38. The number of carbonyl (C=O) groups excluding carboxylic acids is 2. The third-order valence-electron chi connectivity index (χ3n) is 5.37. The number of carbonyl (C=O) groups is 2. The van der Waals surface area contributed by atoms with Crippen LogP contribution < -0.4 is 10.5 Å². The van der Waals surface area contributed by atoms with Gasteiger partial charge in [0.1, 0.15) is 5.75 Å². The minimum absolute atomic E-state index is 0.0889. The maximum absolute atomic E-state index is 11.7. The Balaban J connectivity index is 1.40. The Hall–Kier alpha value is -2.08. The van der Waals surface area contributed by atoms with Crippen LogP contribution in [0.1, 0.15) is 37.7 Å². The van der Waals surface area contributed by atoms with Crippen molar-refractivity contribution in [3.05, 3.63) is 29.8 Å². The van der Waals surface area contributed by atoms with Gasteiger partial charge in [-0.1, -0.05) is 12.1 Å². The highest BCUT2D eigenvalue weighted by molar-refractivity contribution is 5.78. The number of rotatable bonds is 8. The van der Waals surface area contributed by atoms with Gasteiger partial charge in [-0.3, -0.25) is 14.5 Å². The number of ether oxygens (including phenoxy) is 1. The monoisotopic (exact) mass is 359 g/mol. The van der Waals surface area contributed by atoms with Crippen LogP contribution in [0.2, 0.25) is 0 Å². The molecule has 2 amide bonds. The van der Waals surface area contributed by atoms with Gasteiger partial charge < -0.3 is 15.4 Å². The lowest BCUT2D eigenvalue weighted by Gasteiger charge is -2.32. The van der Waals surface area contributed by atoms with Gasteiger partial charge in [0.15, 0.2) is 6.61 Å². The summed E-state index contributed by atoms with van der Waals surface area (Å²) in [5, 5.41) is 0. The molecule has 2 heterocycles. The lowest BCUT2D eigenvalue weighted by Crippen LogP contribution is -2.35. The first-order chi connectivity index (χ1) is 12.6. The second kappa shape index (κ2) is 9.03. The number of piperidine rings is 1. The van der Waals surface area contributed by atoms with E-state index in [9.17, 15) is 9.59 Å². The standard InChI is InChI=1S/C20H29N3O3/c21-19(24)15-26-18-4-1-3-17(13-18)14-22-10-6-16(7-11-22)8-12-23-9-2-5-20(23)25/h1,3-4,13,16H,2,5-12,14-15H2,(H2,21,24). The molecule has 0 radical (unpaired) electrons. The number of nitrogens with zero attached hydrogens (tertiary/aromatic N) is 2. The number of nitrogens with two attached hydrogens (primary N) is 1. The van der Waals surface area contributed by atoms with Gasteiger partial charge in [0, 0.05) is 26.1 Å². The van der Waals surface area contributed by atoms with Gasteiger partial charge in [-0.2, -0.15) is 0 Å². The van der Waals surface area contributed by atoms with E-state index >= 15 is 0 Å². The van der Waals surface area contributed by atoms with Crippen molar-refractivity contribution in [1.82, 2.24) is 9.80 Å². The van der Waals surface area contributed by atoms with E-state index < -0.39 is 5.91 Å². The summed E-state index contributed by atoms with van der Waals surface area (Å²) in [4.78, 5) is 27.0. The van der Waals surface area contributed by atoms with Gasteiger partial charge in [0.05, 0.1) is 0 Å². The maximum atomic E-state index is 11.7. The number of primary amides is 1.